The van der Waals surface area contributed by atoms with Crippen LogP contribution in [-0.4, -0.2) is 68.1 Å². The third-order valence-corrected chi connectivity index (χ3v) is 5.71. The van der Waals surface area contributed by atoms with Crippen molar-refractivity contribution < 1.29 is 28.5 Å². The maximum absolute atomic E-state index is 13.3. The number of carbonyl (C=O) groups excluding carboxylic acids is 2. The quantitative estimate of drug-likeness (QED) is 0.610. The van der Waals surface area contributed by atoms with Crippen molar-refractivity contribution in [1.29, 1.82) is 0 Å². The first-order valence-electron chi connectivity index (χ1n) is 10.7. The summed E-state index contributed by atoms with van der Waals surface area (Å²) in [7, 11) is 3.17. The highest BCUT2D eigenvalue weighted by Gasteiger charge is 2.35. The highest BCUT2D eigenvalue weighted by molar-refractivity contribution is 6.03. The van der Waals surface area contributed by atoms with Crippen molar-refractivity contribution in [2.45, 2.75) is 19.4 Å². The van der Waals surface area contributed by atoms with Gasteiger partial charge in [-0.25, -0.2) is 5.01 Å². The average molecular weight is 453 g/mol. The molecule has 0 aromatic heterocycles. The molecule has 9 nitrogen and oxygen atoms in total. The van der Waals surface area contributed by atoms with Crippen LogP contribution in [0.5, 0.6) is 17.2 Å². The fraction of sp³-hybridized carbons (Fsp3) is 0.375. The largest absolute Gasteiger partial charge is 0.497 e. The van der Waals surface area contributed by atoms with Gasteiger partial charge in [0, 0.05) is 27.0 Å². The zero-order valence-electron chi connectivity index (χ0n) is 18.9. The van der Waals surface area contributed by atoms with Crippen molar-refractivity contribution in [2.24, 2.45) is 5.10 Å². The predicted molar refractivity (Wildman–Crippen MR) is 120 cm³/mol. The molecule has 0 saturated heterocycles. The van der Waals surface area contributed by atoms with Gasteiger partial charge >= 0.3 is 0 Å². The molecule has 174 valence electrons. The summed E-state index contributed by atoms with van der Waals surface area (Å²) in [6.45, 7) is 2.20. The van der Waals surface area contributed by atoms with Gasteiger partial charge in [0.25, 0.3) is 5.91 Å². The Balaban J connectivity index is 1.62. The molecular weight excluding hydrogens is 426 g/mol. The summed E-state index contributed by atoms with van der Waals surface area (Å²) in [6.07, 6.45) is 0.524. The summed E-state index contributed by atoms with van der Waals surface area (Å²) in [5, 5.41) is 6.15. The van der Waals surface area contributed by atoms with E-state index in [-0.39, 0.29) is 31.2 Å². The molecule has 0 bridgehead atoms. The zero-order valence-corrected chi connectivity index (χ0v) is 18.9. The second kappa shape index (κ2) is 9.91. The molecule has 0 radical (unpaired) electrons. The van der Waals surface area contributed by atoms with Gasteiger partial charge in [-0.05, 0) is 47.5 Å². The van der Waals surface area contributed by atoms with Crippen LogP contribution in [0.15, 0.2) is 47.6 Å². The Morgan fingerprint density at radius 2 is 1.88 bits per heavy atom. The van der Waals surface area contributed by atoms with E-state index in [2.05, 4.69) is 5.10 Å². The standard InChI is InChI=1S/C24H27N3O6/c1-16(28)26(10-11-30-2)14-24(29)27-21(18-6-9-22-23(12-18)33-15-32-22)13-20(25-27)17-4-7-19(31-3)8-5-17/h4-9,12,21H,10-11,13-15H2,1-3H3. The minimum atomic E-state index is -0.333. The van der Waals surface area contributed by atoms with E-state index >= 15 is 0 Å². The van der Waals surface area contributed by atoms with E-state index < -0.39 is 0 Å². The summed E-state index contributed by atoms with van der Waals surface area (Å²) >= 11 is 0. The summed E-state index contributed by atoms with van der Waals surface area (Å²) in [4.78, 5) is 26.8. The van der Waals surface area contributed by atoms with Crippen LogP contribution >= 0.6 is 0 Å². The van der Waals surface area contributed by atoms with E-state index in [9.17, 15) is 9.59 Å². The van der Waals surface area contributed by atoms with Crippen LogP contribution in [0.1, 0.15) is 30.5 Å². The third-order valence-electron chi connectivity index (χ3n) is 5.71. The minimum Gasteiger partial charge on any atom is -0.497 e. The number of fused-ring (bicyclic) bond motifs is 1. The van der Waals surface area contributed by atoms with Gasteiger partial charge in [-0.3, -0.25) is 9.59 Å². The predicted octanol–water partition coefficient (Wildman–Crippen LogP) is 2.60. The number of rotatable bonds is 8. The van der Waals surface area contributed by atoms with Gasteiger partial charge in [0.1, 0.15) is 12.3 Å². The molecule has 0 fully saturated rings. The molecule has 0 saturated carbocycles. The zero-order chi connectivity index (χ0) is 23.4. The van der Waals surface area contributed by atoms with Gasteiger partial charge in [0.15, 0.2) is 11.5 Å². The van der Waals surface area contributed by atoms with E-state index in [0.29, 0.717) is 31.1 Å². The highest BCUT2D eigenvalue weighted by Crippen LogP contribution is 2.39. The first-order chi connectivity index (χ1) is 16.0. The van der Waals surface area contributed by atoms with Gasteiger partial charge in [-0.15, -0.1) is 0 Å². The second-order valence-electron chi connectivity index (χ2n) is 7.78. The lowest BCUT2D eigenvalue weighted by atomic mass is 9.98. The lowest BCUT2D eigenvalue weighted by Crippen LogP contribution is -2.41. The normalized spacial score (nSPS) is 16.5. The molecule has 2 aliphatic rings. The first-order valence-corrected chi connectivity index (χ1v) is 10.7. The molecule has 2 aromatic carbocycles. The summed E-state index contributed by atoms with van der Waals surface area (Å²) in [5.74, 6) is 1.59. The van der Waals surface area contributed by atoms with Crippen molar-refractivity contribution >= 4 is 17.5 Å². The fourth-order valence-corrected chi connectivity index (χ4v) is 3.86. The second-order valence-corrected chi connectivity index (χ2v) is 7.78. The minimum absolute atomic E-state index is 0.0842. The summed E-state index contributed by atoms with van der Waals surface area (Å²) < 4.78 is 21.3. The number of hydrogen-bond donors (Lipinski definition) is 0. The van der Waals surface area contributed by atoms with E-state index in [0.717, 1.165) is 22.6 Å². The van der Waals surface area contributed by atoms with E-state index in [1.165, 1.54) is 16.8 Å². The average Bonchev–Trinajstić information content (AvgIpc) is 3.48. The lowest BCUT2D eigenvalue weighted by molar-refractivity contribution is -0.141. The fourth-order valence-electron chi connectivity index (χ4n) is 3.86. The Labute approximate surface area is 192 Å². The molecule has 4 rings (SSSR count). The molecule has 2 aliphatic heterocycles. The summed E-state index contributed by atoms with van der Waals surface area (Å²) in [6, 6.07) is 12.9. The maximum Gasteiger partial charge on any atom is 0.262 e. The van der Waals surface area contributed by atoms with Crippen LogP contribution < -0.4 is 14.2 Å². The van der Waals surface area contributed by atoms with Crippen molar-refractivity contribution in [3.8, 4) is 17.2 Å². The molecular formula is C24H27N3O6. The SMILES string of the molecule is COCCN(CC(=O)N1N=C(c2ccc(OC)cc2)CC1c1ccc2c(c1)OCO2)C(C)=O. The van der Waals surface area contributed by atoms with E-state index in [1.807, 2.05) is 42.5 Å². The summed E-state index contributed by atoms with van der Waals surface area (Å²) in [5.41, 5.74) is 2.56. The molecule has 2 heterocycles. The highest BCUT2D eigenvalue weighted by atomic mass is 16.7. The number of hydrogen-bond acceptors (Lipinski definition) is 7. The molecule has 1 unspecified atom stereocenters. The third kappa shape index (κ3) is 4.93. The Kier molecular flexibility index (Phi) is 6.79. The monoisotopic (exact) mass is 453 g/mol. The van der Waals surface area contributed by atoms with Gasteiger partial charge < -0.3 is 23.8 Å². The lowest BCUT2D eigenvalue weighted by Gasteiger charge is -2.26. The van der Waals surface area contributed by atoms with Crippen LogP contribution in [0.4, 0.5) is 0 Å². The molecule has 1 atom stereocenters. The van der Waals surface area contributed by atoms with Crippen LogP contribution in [-0.2, 0) is 14.3 Å². The van der Waals surface area contributed by atoms with Crippen LogP contribution in [0.25, 0.3) is 0 Å². The number of carbonyl (C=O) groups is 2. The van der Waals surface area contributed by atoms with Gasteiger partial charge in [-0.1, -0.05) is 6.07 Å². The Bertz CT molecular complexity index is 1050. The molecule has 0 spiro atoms. The molecule has 0 N–H and O–H groups in total. The smallest absolute Gasteiger partial charge is 0.262 e. The van der Waals surface area contributed by atoms with Crippen LogP contribution in [0.3, 0.4) is 0 Å². The number of amides is 2. The van der Waals surface area contributed by atoms with Gasteiger partial charge in [0.2, 0.25) is 12.7 Å². The Morgan fingerprint density at radius 1 is 1.12 bits per heavy atom. The number of nitrogens with zero attached hydrogens (tertiary/aromatic N) is 3. The van der Waals surface area contributed by atoms with Crippen LogP contribution in [0.2, 0.25) is 0 Å². The molecule has 2 amide bonds. The number of ether oxygens (including phenoxy) is 4. The molecule has 2 aromatic rings. The van der Waals surface area contributed by atoms with E-state index in [4.69, 9.17) is 18.9 Å². The number of benzene rings is 2. The van der Waals surface area contributed by atoms with Crippen molar-refractivity contribution in [3.05, 3.63) is 53.6 Å². The Morgan fingerprint density at radius 3 is 2.58 bits per heavy atom. The Hall–Kier alpha value is -3.59. The van der Waals surface area contributed by atoms with E-state index in [1.54, 1.807) is 14.2 Å². The number of hydrazone groups is 1. The van der Waals surface area contributed by atoms with Gasteiger partial charge in [-0.2, -0.15) is 5.10 Å². The van der Waals surface area contributed by atoms with Crippen molar-refractivity contribution in [2.75, 3.05) is 40.7 Å². The molecule has 33 heavy (non-hydrogen) atoms. The molecule has 9 heteroatoms. The van der Waals surface area contributed by atoms with Crippen molar-refractivity contribution in [1.82, 2.24) is 9.91 Å². The maximum atomic E-state index is 13.3. The first kappa shape index (κ1) is 22.6. The topological polar surface area (TPSA) is 89.9 Å². The molecule has 0 aliphatic carbocycles. The van der Waals surface area contributed by atoms with Gasteiger partial charge in [0.05, 0.1) is 25.5 Å². The number of methoxy groups -OCH3 is 2. The van der Waals surface area contributed by atoms with Crippen LogP contribution in [0, 0.1) is 0 Å². The van der Waals surface area contributed by atoms with Crippen molar-refractivity contribution in [3.63, 3.8) is 0 Å².